The molecule has 2 atom stereocenters. The highest BCUT2D eigenvalue weighted by Crippen LogP contribution is 2.24. The van der Waals surface area contributed by atoms with E-state index in [2.05, 4.69) is 5.32 Å². The van der Waals surface area contributed by atoms with E-state index in [1.165, 1.54) is 12.0 Å². The van der Waals surface area contributed by atoms with Gasteiger partial charge in [-0.05, 0) is 49.6 Å². The quantitative estimate of drug-likeness (QED) is 0.456. The monoisotopic (exact) mass is 523 g/mol. The zero-order chi connectivity index (χ0) is 26.2. The number of rotatable bonds is 12. The Morgan fingerprint density at radius 3 is 2.29 bits per heavy atom. The smallest absolute Gasteiger partial charge is 0.244 e. The van der Waals surface area contributed by atoms with Crippen molar-refractivity contribution in [1.29, 1.82) is 0 Å². The molecule has 8 nitrogen and oxygen atoms in total. The topological polar surface area (TPSA) is 96.0 Å². The summed E-state index contributed by atoms with van der Waals surface area (Å²) in [7, 11) is -2.34. The molecular weight excluding hydrogens is 490 g/mol. The highest BCUT2D eigenvalue weighted by Gasteiger charge is 2.32. The van der Waals surface area contributed by atoms with E-state index in [1.807, 2.05) is 20.8 Å². The number of anilines is 1. The van der Waals surface area contributed by atoms with Crippen LogP contribution in [0.5, 0.6) is 5.75 Å². The third-order valence-electron chi connectivity index (χ3n) is 5.67. The molecular formula is C25H34ClN3O5S. The number of methoxy groups -OCH3 is 1. The van der Waals surface area contributed by atoms with E-state index in [9.17, 15) is 18.0 Å². The predicted octanol–water partition coefficient (Wildman–Crippen LogP) is 3.84. The number of benzene rings is 2. The van der Waals surface area contributed by atoms with E-state index < -0.39 is 28.5 Å². The van der Waals surface area contributed by atoms with Crippen LogP contribution in [0, 0.1) is 0 Å². The first-order valence-corrected chi connectivity index (χ1v) is 13.7. The minimum Gasteiger partial charge on any atom is -0.497 e. The molecule has 0 aliphatic carbocycles. The van der Waals surface area contributed by atoms with Crippen LogP contribution in [0.15, 0.2) is 48.5 Å². The first-order chi connectivity index (χ1) is 16.5. The molecule has 0 saturated heterocycles. The van der Waals surface area contributed by atoms with Crippen LogP contribution in [-0.4, -0.2) is 57.1 Å². The van der Waals surface area contributed by atoms with Crippen molar-refractivity contribution in [2.24, 2.45) is 0 Å². The van der Waals surface area contributed by atoms with Gasteiger partial charge in [-0.25, -0.2) is 8.42 Å². The van der Waals surface area contributed by atoms with Crippen LogP contribution in [0.3, 0.4) is 0 Å². The van der Waals surface area contributed by atoms with Gasteiger partial charge in [-0.2, -0.15) is 0 Å². The van der Waals surface area contributed by atoms with Crippen LogP contribution < -0.4 is 14.4 Å². The molecule has 0 spiro atoms. The molecule has 0 bridgehead atoms. The average Bonchev–Trinajstić information content (AvgIpc) is 2.82. The van der Waals surface area contributed by atoms with E-state index in [0.29, 0.717) is 22.9 Å². The standard InChI is InChI=1S/C25H34ClN3O5S/c1-6-18(3)27-25(31)23(7-2)28(16-19-11-13-20(26)14-12-19)24(30)17-29(35(5,32)33)21-9-8-10-22(15-21)34-4/h8-15,18,23H,6-7,16-17H2,1-5H3,(H,27,31)/t18-,23+/m1/s1. The number of nitrogens with one attached hydrogen (secondary N) is 1. The lowest BCUT2D eigenvalue weighted by Gasteiger charge is -2.33. The molecule has 0 radical (unpaired) electrons. The first kappa shape index (κ1) is 28.5. The van der Waals surface area contributed by atoms with Crippen molar-refractivity contribution >= 4 is 39.1 Å². The number of halogens is 1. The second-order valence-corrected chi connectivity index (χ2v) is 10.7. The molecule has 192 valence electrons. The minimum atomic E-state index is -3.81. The van der Waals surface area contributed by atoms with Crippen molar-refractivity contribution in [3.8, 4) is 5.75 Å². The summed E-state index contributed by atoms with van der Waals surface area (Å²) in [5, 5.41) is 3.49. The Balaban J connectivity index is 2.44. The number of nitrogens with zero attached hydrogens (tertiary/aromatic N) is 2. The summed E-state index contributed by atoms with van der Waals surface area (Å²) in [6, 6.07) is 12.6. The maximum absolute atomic E-state index is 13.6. The van der Waals surface area contributed by atoms with Crippen molar-refractivity contribution in [2.45, 2.75) is 52.2 Å². The van der Waals surface area contributed by atoms with Crippen molar-refractivity contribution in [3.63, 3.8) is 0 Å². The SMILES string of the molecule is CC[C@@H](C)NC(=O)[C@H](CC)N(Cc1ccc(Cl)cc1)C(=O)CN(c1cccc(OC)c1)S(C)(=O)=O. The summed E-state index contributed by atoms with van der Waals surface area (Å²) < 4.78 is 31.6. The molecule has 10 heteroatoms. The van der Waals surface area contributed by atoms with Crippen LogP contribution in [0.2, 0.25) is 5.02 Å². The van der Waals surface area contributed by atoms with Crippen molar-refractivity contribution < 1.29 is 22.7 Å². The Labute approximate surface area is 213 Å². The van der Waals surface area contributed by atoms with Gasteiger partial charge in [-0.1, -0.05) is 43.6 Å². The Bertz CT molecular complexity index is 1110. The summed E-state index contributed by atoms with van der Waals surface area (Å²) in [5.41, 5.74) is 1.06. The third kappa shape index (κ3) is 8.14. The molecule has 0 aromatic heterocycles. The summed E-state index contributed by atoms with van der Waals surface area (Å²) in [6.45, 7) is 5.33. The normalized spacial score (nSPS) is 13.0. The molecule has 0 aliphatic rings. The van der Waals surface area contributed by atoms with Gasteiger partial charge in [0.1, 0.15) is 18.3 Å². The predicted molar refractivity (Wildman–Crippen MR) is 139 cm³/mol. The molecule has 2 rings (SSSR count). The van der Waals surface area contributed by atoms with E-state index >= 15 is 0 Å². The highest BCUT2D eigenvalue weighted by molar-refractivity contribution is 7.92. The lowest BCUT2D eigenvalue weighted by molar-refractivity contribution is -0.140. The van der Waals surface area contributed by atoms with E-state index in [1.54, 1.807) is 48.5 Å². The summed E-state index contributed by atoms with van der Waals surface area (Å²) >= 11 is 6.01. The van der Waals surface area contributed by atoms with Crippen LogP contribution in [-0.2, 0) is 26.2 Å². The van der Waals surface area contributed by atoms with Gasteiger partial charge in [-0.15, -0.1) is 0 Å². The van der Waals surface area contributed by atoms with Crippen molar-refractivity contribution in [3.05, 3.63) is 59.1 Å². The Morgan fingerprint density at radius 2 is 1.74 bits per heavy atom. The van der Waals surface area contributed by atoms with Crippen LogP contribution in [0.4, 0.5) is 5.69 Å². The first-order valence-electron chi connectivity index (χ1n) is 11.5. The largest absolute Gasteiger partial charge is 0.497 e. The summed E-state index contributed by atoms with van der Waals surface area (Å²) in [6.07, 6.45) is 2.14. The van der Waals surface area contributed by atoms with Gasteiger partial charge in [0, 0.05) is 23.7 Å². The van der Waals surface area contributed by atoms with Gasteiger partial charge in [0.25, 0.3) is 0 Å². The van der Waals surface area contributed by atoms with Crippen LogP contribution in [0.25, 0.3) is 0 Å². The fraction of sp³-hybridized carbons (Fsp3) is 0.440. The fourth-order valence-electron chi connectivity index (χ4n) is 3.53. The van der Waals surface area contributed by atoms with Crippen LogP contribution in [0.1, 0.15) is 39.2 Å². The molecule has 0 unspecified atom stereocenters. The highest BCUT2D eigenvalue weighted by atomic mass is 35.5. The number of carbonyl (C=O) groups is 2. The van der Waals surface area contributed by atoms with Gasteiger partial charge in [0.05, 0.1) is 19.1 Å². The molecule has 0 saturated carbocycles. The fourth-order valence-corrected chi connectivity index (χ4v) is 4.49. The number of carbonyl (C=O) groups excluding carboxylic acids is 2. The molecule has 0 fully saturated rings. The maximum atomic E-state index is 13.6. The Hall–Kier alpha value is -2.78. The van der Waals surface area contributed by atoms with Gasteiger partial charge >= 0.3 is 0 Å². The second kappa shape index (κ2) is 12.8. The maximum Gasteiger partial charge on any atom is 0.244 e. The zero-order valence-corrected chi connectivity index (χ0v) is 22.4. The van der Waals surface area contributed by atoms with Crippen LogP contribution >= 0.6 is 11.6 Å². The Kier molecular flexibility index (Phi) is 10.4. The number of sulfonamides is 1. The molecule has 2 amide bonds. The molecule has 1 N–H and O–H groups in total. The third-order valence-corrected chi connectivity index (χ3v) is 7.07. The number of amides is 2. The van der Waals surface area contributed by atoms with Gasteiger partial charge in [-0.3, -0.25) is 13.9 Å². The lowest BCUT2D eigenvalue weighted by atomic mass is 10.1. The lowest BCUT2D eigenvalue weighted by Crippen LogP contribution is -2.53. The average molecular weight is 524 g/mol. The minimum absolute atomic E-state index is 0.0617. The van der Waals surface area contributed by atoms with Gasteiger partial charge in [0.15, 0.2) is 0 Å². The van der Waals surface area contributed by atoms with E-state index in [0.717, 1.165) is 22.5 Å². The Morgan fingerprint density at radius 1 is 1.09 bits per heavy atom. The van der Waals surface area contributed by atoms with E-state index in [4.69, 9.17) is 16.3 Å². The molecule has 2 aromatic rings. The molecule has 35 heavy (non-hydrogen) atoms. The van der Waals surface area contributed by atoms with Gasteiger partial charge in [0.2, 0.25) is 21.8 Å². The van der Waals surface area contributed by atoms with E-state index in [-0.39, 0.29) is 18.5 Å². The number of hydrogen-bond donors (Lipinski definition) is 1. The summed E-state index contributed by atoms with van der Waals surface area (Å²) in [5.74, 6) is -0.322. The number of ether oxygens (including phenoxy) is 1. The molecule has 0 aliphatic heterocycles. The second-order valence-electron chi connectivity index (χ2n) is 8.36. The zero-order valence-electron chi connectivity index (χ0n) is 20.8. The molecule has 0 heterocycles. The molecule has 2 aromatic carbocycles. The van der Waals surface area contributed by atoms with Crippen molar-refractivity contribution in [2.75, 3.05) is 24.2 Å². The number of hydrogen-bond acceptors (Lipinski definition) is 5. The van der Waals surface area contributed by atoms with Gasteiger partial charge < -0.3 is 15.0 Å². The van der Waals surface area contributed by atoms with Crippen molar-refractivity contribution in [1.82, 2.24) is 10.2 Å². The summed E-state index contributed by atoms with van der Waals surface area (Å²) in [4.78, 5) is 28.2.